The number of aromatic carboxylic acids is 1. The summed E-state index contributed by atoms with van der Waals surface area (Å²) in [6.07, 6.45) is 1.43. The van der Waals surface area contributed by atoms with Crippen molar-refractivity contribution in [3.63, 3.8) is 0 Å². The molecule has 0 atom stereocenters. The van der Waals surface area contributed by atoms with E-state index in [2.05, 4.69) is 0 Å². The van der Waals surface area contributed by atoms with Gasteiger partial charge >= 0.3 is 5.97 Å². The van der Waals surface area contributed by atoms with Crippen LogP contribution in [0.4, 0.5) is 13.2 Å². The van der Waals surface area contributed by atoms with E-state index in [0.29, 0.717) is 0 Å². The standard InChI is InChI=1S/C8H5F3O2S/c1-14-4-2-3(8(12)13)5(9)7(11)6(4)10/h2H,1H3,(H,12,13). The average molecular weight is 222 g/mol. The Hall–Kier alpha value is -1.17. The SMILES string of the molecule is CSc1cc(C(=O)O)c(F)c(F)c1F. The molecule has 14 heavy (non-hydrogen) atoms. The van der Waals surface area contributed by atoms with Crippen LogP contribution in [0.2, 0.25) is 0 Å². The van der Waals surface area contributed by atoms with Gasteiger partial charge in [-0.15, -0.1) is 11.8 Å². The Morgan fingerprint density at radius 1 is 1.29 bits per heavy atom. The van der Waals surface area contributed by atoms with Gasteiger partial charge < -0.3 is 5.11 Å². The van der Waals surface area contributed by atoms with Crippen LogP contribution in [0.1, 0.15) is 10.4 Å². The second kappa shape index (κ2) is 3.91. The first-order valence-electron chi connectivity index (χ1n) is 3.43. The van der Waals surface area contributed by atoms with Crippen molar-refractivity contribution in [2.45, 2.75) is 4.90 Å². The first-order valence-corrected chi connectivity index (χ1v) is 4.66. The zero-order chi connectivity index (χ0) is 10.9. The largest absolute Gasteiger partial charge is 0.478 e. The van der Waals surface area contributed by atoms with Gasteiger partial charge in [0.25, 0.3) is 0 Å². The lowest BCUT2D eigenvalue weighted by Crippen LogP contribution is -2.05. The molecule has 0 saturated heterocycles. The predicted octanol–water partition coefficient (Wildman–Crippen LogP) is 2.52. The highest BCUT2D eigenvalue weighted by Crippen LogP contribution is 2.25. The Labute approximate surface area is 81.7 Å². The highest BCUT2D eigenvalue weighted by molar-refractivity contribution is 7.98. The maximum atomic E-state index is 12.9. The number of hydrogen-bond acceptors (Lipinski definition) is 2. The Bertz CT molecular complexity index is 393. The number of hydrogen-bond donors (Lipinski definition) is 1. The number of carboxylic acid groups (broad SMARTS) is 1. The topological polar surface area (TPSA) is 37.3 Å². The monoisotopic (exact) mass is 222 g/mol. The molecular weight excluding hydrogens is 217 g/mol. The van der Waals surface area contributed by atoms with Crippen molar-refractivity contribution in [2.24, 2.45) is 0 Å². The molecule has 0 bridgehead atoms. The molecule has 6 heteroatoms. The minimum atomic E-state index is -1.76. The van der Waals surface area contributed by atoms with Crippen LogP contribution in [0.3, 0.4) is 0 Å². The lowest BCUT2D eigenvalue weighted by atomic mass is 10.2. The molecule has 0 aliphatic carbocycles. The van der Waals surface area contributed by atoms with Gasteiger partial charge in [0.15, 0.2) is 17.5 Å². The molecule has 1 aromatic rings. The first kappa shape index (κ1) is 10.9. The van der Waals surface area contributed by atoms with Crippen LogP contribution in [0.5, 0.6) is 0 Å². The Kier molecular flexibility index (Phi) is 3.05. The molecule has 0 fully saturated rings. The summed E-state index contributed by atoms with van der Waals surface area (Å²) in [5.41, 5.74) is -0.867. The van der Waals surface area contributed by atoms with Crippen molar-refractivity contribution in [3.8, 4) is 0 Å². The average Bonchev–Trinajstić information content (AvgIpc) is 2.14. The fraction of sp³-hybridized carbons (Fsp3) is 0.125. The maximum absolute atomic E-state index is 12.9. The summed E-state index contributed by atoms with van der Waals surface area (Å²) in [6.45, 7) is 0. The number of carboxylic acids is 1. The number of benzene rings is 1. The molecule has 0 radical (unpaired) electrons. The Morgan fingerprint density at radius 3 is 2.29 bits per heavy atom. The van der Waals surface area contributed by atoms with Crippen LogP contribution in [0, 0.1) is 17.5 Å². The molecule has 0 unspecified atom stereocenters. The third-order valence-electron chi connectivity index (χ3n) is 1.56. The molecule has 1 rings (SSSR count). The van der Waals surface area contributed by atoms with E-state index in [1.54, 1.807) is 0 Å². The summed E-state index contributed by atoms with van der Waals surface area (Å²) >= 11 is 0.805. The molecular formula is C8H5F3O2S. The zero-order valence-electron chi connectivity index (χ0n) is 6.97. The van der Waals surface area contributed by atoms with Gasteiger partial charge in [-0.3, -0.25) is 0 Å². The van der Waals surface area contributed by atoms with Gasteiger partial charge in [0.1, 0.15) is 0 Å². The summed E-state index contributed by atoms with van der Waals surface area (Å²) in [4.78, 5) is 10.2. The van der Waals surface area contributed by atoms with Crippen LogP contribution >= 0.6 is 11.8 Å². The van der Waals surface area contributed by atoms with Gasteiger partial charge in [0.2, 0.25) is 0 Å². The summed E-state index contributed by atoms with van der Waals surface area (Å²) in [7, 11) is 0. The van der Waals surface area contributed by atoms with Gasteiger partial charge in [0.05, 0.1) is 5.56 Å². The van der Waals surface area contributed by atoms with Crippen LogP contribution in [-0.2, 0) is 0 Å². The quantitative estimate of drug-likeness (QED) is 0.617. The predicted molar refractivity (Wildman–Crippen MR) is 45.1 cm³/mol. The van der Waals surface area contributed by atoms with Crippen molar-refractivity contribution in [2.75, 3.05) is 6.26 Å². The summed E-state index contributed by atoms with van der Waals surface area (Å²) < 4.78 is 38.5. The van der Waals surface area contributed by atoms with Gasteiger partial charge in [0, 0.05) is 4.90 Å². The third-order valence-corrected chi connectivity index (χ3v) is 2.30. The molecule has 76 valence electrons. The van der Waals surface area contributed by atoms with E-state index < -0.39 is 29.0 Å². The molecule has 0 saturated carbocycles. The van der Waals surface area contributed by atoms with E-state index in [0.717, 1.165) is 17.8 Å². The van der Waals surface area contributed by atoms with Gasteiger partial charge in [-0.2, -0.15) is 0 Å². The maximum Gasteiger partial charge on any atom is 0.338 e. The molecule has 0 aliphatic heterocycles. The van der Waals surface area contributed by atoms with E-state index in [4.69, 9.17) is 5.11 Å². The number of halogens is 3. The van der Waals surface area contributed by atoms with Crippen LogP contribution in [0.25, 0.3) is 0 Å². The number of thioether (sulfide) groups is 1. The Morgan fingerprint density at radius 2 is 1.86 bits per heavy atom. The van der Waals surface area contributed by atoms with E-state index in [1.165, 1.54) is 6.26 Å². The van der Waals surface area contributed by atoms with E-state index in [-0.39, 0.29) is 4.90 Å². The second-order valence-corrected chi connectivity index (χ2v) is 3.22. The van der Waals surface area contributed by atoms with Crippen molar-refractivity contribution >= 4 is 17.7 Å². The van der Waals surface area contributed by atoms with Crippen LogP contribution in [-0.4, -0.2) is 17.3 Å². The normalized spacial score (nSPS) is 10.3. The second-order valence-electron chi connectivity index (χ2n) is 2.37. The van der Waals surface area contributed by atoms with Crippen molar-refractivity contribution in [1.29, 1.82) is 0 Å². The molecule has 0 aliphatic rings. The molecule has 0 aromatic heterocycles. The Balaban J connectivity index is 3.48. The van der Waals surface area contributed by atoms with Crippen molar-refractivity contribution in [1.82, 2.24) is 0 Å². The molecule has 0 heterocycles. The van der Waals surface area contributed by atoms with Crippen LogP contribution < -0.4 is 0 Å². The molecule has 1 aromatic carbocycles. The number of carbonyl (C=O) groups is 1. The first-order chi connectivity index (χ1) is 6.49. The van der Waals surface area contributed by atoms with Gasteiger partial charge in [-0.25, -0.2) is 18.0 Å². The van der Waals surface area contributed by atoms with E-state index >= 15 is 0 Å². The summed E-state index contributed by atoms with van der Waals surface area (Å²) in [5, 5.41) is 8.46. The smallest absolute Gasteiger partial charge is 0.338 e. The van der Waals surface area contributed by atoms with E-state index in [1.807, 2.05) is 0 Å². The molecule has 2 nitrogen and oxygen atoms in total. The summed E-state index contributed by atoms with van der Waals surface area (Å²) in [6, 6.07) is 0.765. The highest BCUT2D eigenvalue weighted by Gasteiger charge is 2.21. The van der Waals surface area contributed by atoms with Gasteiger partial charge in [-0.1, -0.05) is 0 Å². The minimum absolute atomic E-state index is 0.235. The molecule has 0 amide bonds. The van der Waals surface area contributed by atoms with Crippen molar-refractivity contribution < 1.29 is 23.1 Å². The van der Waals surface area contributed by atoms with Crippen molar-refractivity contribution in [3.05, 3.63) is 29.1 Å². The zero-order valence-corrected chi connectivity index (χ0v) is 7.79. The third kappa shape index (κ3) is 1.70. The highest BCUT2D eigenvalue weighted by atomic mass is 32.2. The lowest BCUT2D eigenvalue weighted by Gasteiger charge is -2.04. The fourth-order valence-electron chi connectivity index (χ4n) is 0.885. The molecule has 1 N–H and O–H groups in total. The lowest BCUT2D eigenvalue weighted by molar-refractivity contribution is 0.0690. The number of rotatable bonds is 2. The van der Waals surface area contributed by atoms with Crippen LogP contribution in [0.15, 0.2) is 11.0 Å². The summed E-state index contributed by atoms with van der Waals surface area (Å²) in [5.74, 6) is -6.42. The minimum Gasteiger partial charge on any atom is -0.478 e. The molecule has 0 spiro atoms. The fourth-order valence-corrected chi connectivity index (χ4v) is 1.39. The van der Waals surface area contributed by atoms with E-state index in [9.17, 15) is 18.0 Å². The van der Waals surface area contributed by atoms with Gasteiger partial charge in [-0.05, 0) is 12.3 Å².